The van der Waals surface area contributed by atoms with Gasteiger partial charge >= 0.3 is 12.1 Å². The Morgan fingerprint density at radius 3 is 1.96 bits per heavy atom. The number of fused-ring (bicyclic) bond motifs is 3. The van der Waals surface area contributed by atoms with E-state index in [0.717, 1.165) is 28.7 Å². The smallest absolute Gasteiger partial charge is 0.411 e. The van der Waals surface area contributed by atoms with Crippen LogP contribution in [0.5, 0.6) is 0 Å². The van der Waals surface area contributed by atoms with Gasteiger partial charge in [0, 0.05) is 0 Å². The number of nitrogens with zero attached hydrogens (tertiary/aromatic N) is 1. The summed E-state index contributed by atoms with van der Waals surface area (Å²) in [7, 11) is 2.68. The van der Waals surface area contributed by atoms with Crippen molar-refractivity contribution in [2.45, 2.75) is 31.8 Å². The van der Waals surface area contributed by atoms with Gasteiger partial charge in [-0.05, 0) is 28.7 Å². The fourth-order valence-corrected chi connectivity index (χ4v) is 3.73. The van der Waals surface area contributed by atoms with E-state index in [4.69, 9.17) is 9.47 Å². The maximum atomic E-state index is 12.8. The molecular weight excluding hydrogens is 330 g/mol. The number of hydrogen-bond acceptors (Lipinski definition) is 4. The Morgan fingerprint density at radius 1 is 0.962 bits per heavy atom. The summed E-state index contributed by atoms with van der Waals surface area (Å²) in [5.74, 6) is -0.431. The molecule has 0 saturated heterocycles. The number of carbonyl (C=O) groups excluding carboxylic acids is 2. The number of ether oxygens (including phenoxy) is 2. The van der Waals surface area contributed by atoms with Crippen LogP contribution >= 0.6 is 0 Å². The third-order valence-electron chi connectivity index (χ3n) is 4.84. The fourth-order valence-electron chi connectivity index (χ4n) is 3.73. The van der Waals surface area contributed by atoms with Crippen LogP contribution in [0, 0.1) is 0 Å². The summed E-state index contributed by atoms with van der Waals surface area (Å²) < 4.78 is 10.0. The van der Waals surface area contributed by atoms with Crippen LogP contribution in [-0.2, 0) is 14.3 Å². The molecule has 0 aromatic heterocycles. The fraction of sp³-hybridized carbons (Fsp3) is 0.333. The first kappa shape index (κ1) is 18.0. The molecule has 0 spiro atoms. The lowest BCUT2D eigenvalue weighted by Crippen LogP contribution is -2.47. The van der Waals surface area contributed by atoms with Crippen molar-refractivity contribution in [2.24, 2.45) is 0 Å². The van der Waals surface area contributed by atoms with Crippen LogP contribution in [-0.4, -0.2) is 37.2 Å². The minimum absolute atomic E-state index is 0.384. The predicted molar refractivity (Wildman–Crippen MR) is 98.7 cm³/mol. The molecule has 1 aliphatic carbocycles. The predicted octanol–water partition coefficient (Wildman–Crippen LogP) is 4.17. The van der Waals surface area contributed by atoms with E-state index in [1.54, 1.807) is 0 Å². The molecule has 0 fully saturated rings. The second kappa shape index (κ2) is 7.60. The van der Waals surface area contributed by atoms with E-state index in [2.05, 4.69) is 0 Å². The Bertz CT molecular complexity index is 772. The minimum atomic E-state index is -0.707. The second-order valence-electron chi connectivity index (χ2n) is 6.28. The van der Waals surface area contributed by atoms with Crippen molar-refractivity contribution in [3.05, 3.63) is 59.7 Å². The normalized spacial score (nSPS) is 13.5. The molecule has 1 amide bonds. The van der Waals surface area contributed by atoms with Crippen molar-refractivity contribution in [1.82, 2.24) is 4.90 Å². The van der Waals surface area contributed by atoms with Crippen LogP contribution < -0.4 is 0 Å². The maximum absolute atomic E-state index is 12.8. The average molecular weight is 353 g/mol. The lowest BCUT2D eigenvalue weighted by molar-refractivity contribution is -0.147. The number of amides is 1. The number of esters is 1. The quantitative estimate of drug-likeness (QED) is 0.757. The number of benzene rings is 2. The van der Waals surface area contributed by atoms with Gasteiger partial charge in [-0.1, -0.05) is 61.9 Å². The number of carbonyl (C=O) groups is 2. The van der Waals surface area contributed by atoms with Gasteiger partial charge in [0.1, 0.15) is 6.04 Å². The van der Waals surface area contributed by atoms with E-state index in [-0.39, 0.29) is 6.04 Å². The molecule has 0 saturated carbocycles. The van der Waals surface area contributed by atoms with Gasteiger partial charge in [-0.15, -0.1) is 0 Å². The Balaban J connectivity index is 2.18. The first-order chi connectivity index (χ1) is 12.6. The highest BCUT2D eigenvalue weighted by molar-refractivity contribution is 5.85. The molecule has 26 heavy (non-hydrogen) atoms. The maximum Gasteiger partial charge on any atom is 0.411 e. The van der Waals surface area contributed by atoms with E-state index >= 15 is 0 Å². The Hall–Kier alpha value is -2.82. The molecule has 0 bridgehead atoms. The molecule has 1 unspecified atom stereocenters. The van der Waals surface area contributed by atoms with Gasteiger partial charge in [-0.2, -0.15) is 0 Å². The van der Waals surface area contributed by atoms with Crippen molar-refractivity contribution in [3.8, 4) is 11.1 Å². The van der Waals surface area contributed by atoms with E-state index in [9.17, 15) is 9.59 Å². The number of hydrogen-bond donors (Lipinski definition) is 0. The van der Waals surface area contributed by atoms with E-state index in [1.165, 1.54) is 19.1 Å². The summed E-state index contributed by atoms with van der Waals surface area (Å²) in [5, 5.41) is 0. The topological polar surface area (TPSA) is 55.8 Å². The van der Waals surface area contributed by atoms with E-state index < -0.39 is 18.1 Å². The first-order valence-electron chi connectivity index (χ1n) is 8.76. The highest BCUT2D eigenvalue weighted by Gasteiger charge is 2.42. The van der Waals surface area contributed by atoms with Crippen LogP contribution in [0.25, 0.3) is 11.1 Å². The summed E-state index contributed by atoms with van der Waals surface area (Å²) in [6.45, 7) is 1.97. The summed E-state index contributed by atoms with van der Waals surface area (Å²) >= 11 is 0. The molecule has 0 heterocycles. The van der Waals surface area contributed by atoms with Crippen molar-refractivity contribution in [3.63, 3.8) is 0 Å². The molecule has 5 nitrogen and oxygen atoms in total. The molecule has 2 aromatic rings. The Kier molecular flexibility index (Phi) is 5.26. The highest BCUT2D eigenvalue weighted by atomic mass is 16.5. The van der Waals surface area contributed by atoms with Crippen LogP contribution in [0.2, 0.25) is 0 Å². The van der Waals surface area contributed by atoms with Gasteiger partial charge < -0.3 is 9.47 Å². The molecule has 0 radical (unpaired) electrons. The zero-order valence-electron chi connectivity index (χ0n) is 15.3. The van der Waals surface area contributed by atoms with Gasteiger partial charge in [0.05, 0.1) is 20.3 Å². The van der Waals surface area contributed by atoms with Crippen LogP contribution in [0.3, 0.4) is 0 Å². The van der Waals surface area contributed by atoms with Crippen molar-refractivity contribution < 1.29 is 19.1 Å². The van der Waals surface area contributed by atoms with Gasteiger partial charge in [0.15, 0.2) is 0 Å². The molecule has 0 N–H and O–H groups in total. The highest BCUT2D eigenvalue weighted by Crippen LogP contribution is 2.47. The number of methoxy groups -OCH3 is 2. The molecule has 1 aliphatic rings. The summed E-state index contributed by atoms with van der Waals surface area (Å²) in [6, 6.07) is 14.8. The van der Waals surface area contributed by atoms with Crippen LogP contribution in [0.15, 0.2) is 48.5 Å². The molecule has 2 aromatic carbocycles. The number of rotatable bonds is 5. The Morgan fingerprint density at radius 2 is 1.50 bits per heavy atom. The molecular formula is C21H23NO4. The van der Waals surface area contributed by atoms with E-state index in [1.807, 2.05) is 55.5 Å². The summed E-state index contributed by atoms with van der Waals surface area (Å²) in [6.07, 6.45) is 0.705. The van der Waals surface area contributed by atoms with Crippen molar-refractivity contribution in [1.29, 1.82) is 0 Å². The molecule has 136 valence electrons. The molecule has 1 atom stereocenters. The summed E-state index contributed by atoms with van der Waals surface area (Å²) in [4.78, 5) is 26.8. The van der Waals surface area contributed by atoms with Crippen molar-refractivity contribution in [2.75, 3.05) is 14.2 Å². The third-order valence-corrected chi connectivity index (χ3v) is 4.84. The lowest BCUT2D eigenvalue weighted by Gasteiger charge is -2.34. The molecule has 5 heteroatoms. The monoisotopic (exact) mass is 353 g/mol. The minimum Gasteiger partial charge on any atom is -0.467 e. The van der Waals surface area contributed by atoms with Crippen LogP contribution in [0.4, 0.5) is 4.79 Å². The SMILES string of the molecule is CCCC(C(=O)OC)N(C(=O)OC)C1c2ccccc2-c2ccccc21. The van der Waals surface area contributed by atoms with Gasteiger partial charge in [-0.3, -0.25) is 4.90 Å². The van der Waals surface area contributed by atoms with Gasteiger partial charge in [0.25, 0.3) is 0 Å². The lowest BCUT2D eigenvalue weighted by atomic mass is 10.00. The first-order valence-corrected chi connectivity index (χ1v) is 8.76. The molecule has 0 aliphatic heterocycles. The van der Waals surface area contributed by atoms with Crippen LogP contribution in [0.1, 0.15) is 36.9 Å². The molecule has 3 rings (SSSR count). The largest absolute Gasteiger partial charge is 0.467 e. The Labute approximate surface area is 153 Å². The zero-order chi connectivity index (χ0) is 18.7. The zero-order valence-corrected chi connectivity index (χ0v) is 15.3. The van der Waals surface area contributed by atoms with Gasteiger partial charge in [-0.25, -0.2) is 9.59 Å². The third kappa shape index (κ3) is 2.94. The van der Waals surface area contributed by atoms with E-state index in [0.29, 0.717) is 6.42 Å². The summed E-state index contributed by atoms with van der Waals surface area (Å²) in [5.41, 5.74) is 4.12. The standard InChI is InChI=1S/C21H23NO4/c1-4-9-18(20(23)25-2)22(21(24)26-3)19-16-12-7-5-10-14(16)15-11-6-8-13-17(15)19/h5-8,10-13,18-19H,4,9H2,1-3H3. The van der Waals surface area contributed by atoms with Gasteiger partial charge in [0.2, 0.25) is 0 Å². The average Bonchev–Trinajstić information content (AvgIpc) is 3.01. The van der Waals surface area contributed by atoms with Crippen molar-refractivity contribution >= 4 is 12.1 Å². The second-order valence-corrected chi connectivity index (χ2v) is 6.28.